The number of β-amino-alcohol motifs (C(OH)–C–C–N with tert-alkyl or cyclic N) is 1. The van der Waals surface area contributed by atoms with Gasteiger partial charge in [0.2, 0.25) is 17.8 Å². The van der Waals surface area contributed by atoms with Crippen molar-refractivity contribution in [2.75, 3.05) is 74.1 Å². The number of nitrogens with zero attached hydrogens (tertiary/aromatic N) is 9. The highest BCUT2D eigenvalue weighted by Gasteiger charge is 2.53. The number of unbranched alkanes of at least 4 members (excludes halogenated alkanes) is 1. The first-order valence-electron chi connectivity index (χ1n) is 26.0. The molecule has 3 amide bonds. The number of nitrogens with one attached hydrogen (secondary N) is 3. The molecule has 5 N–H and O–H groups in total. The van der Waals surface area contributed by atoms with Crippen LogP contribution >= 0.6 is 11.3 Å². The average Bonchev–Trinajstić information content (AvgIpc) is 3.81. The van der Waals surface area contributed by atoms with Gasteiger partial charge in [0.25, 0.3) is 5.91 Å². The highest BCUT2D eigenvalue weighted by Crippen LogP contribution is 2.41. The predicted octanol–water partition coefficient (Wildman–Crippen LogP) is 5.84. The maximum absolute atomic E-state index is 14.7. The van der Waals surface area contributed by atoms with Gasteiger partial charge in [-0.25, -0.2) is 19.3 Å². The maximum atomic E-state index is 14.7. The van der Waals surface area contributed by atoms with Gasteiger partial charge in [-0.2, -0.15) is 0 Å². The molecule has 18 nitrogen and oxygen atoms in total. The Kier molecular flexibility index (Phi) is 14.7. The number of likely N-dealkylation sites (tertiary alicyclic amines) is 2. The van der Waals surface area contributed by atoms with E-state index in [4.69, 9.17) is 14.7 Å². The molecule has 74 heavy (non-hydrogen) atoms. The van der Waals surface area contributed by atoms with Crippen LogP contribution in [0.15, 0.2) is 66.3 Å². The second-order valence-corrected chi connectivity index (χ2v) is 22.4. The van der Waals surface area contributed by atoms with Crippen molar-refractivity contribution in [2.45, 2.75) is 115 Å². The van der Waals surface area contributed by atoms with E-state index >= 15 is 0 Å². The van der Waals surface area contributed by atoms with Gasteiger partial charge >= 0.3 is 0 Å². The second kappa shape index (κ2) is 21.4. The van der Waals surface area contributed by atoms with E-state index in [1.165, 1.54) is 4.90 Å². The van der Waals surface area contributed by atoms with Crippen LogP contribution in [0.25, 0.3) is 21.7 Å². The summed E-state index contributed by atoms with van der Waals surface area (Å²) in [5.41, 5.74) is 5.09. The summed E-state index contributed by atoms with van der Waals surface area (Å²) in [6.07, 6.45) is 5.05. The van der Waals surface area contributed by atoms with Crippen LogP contribution in [0.2, 0.25) is 0 Å². The lowest BCUT2D eigenvalue weighted by atomic mass is 9.85. The molecule has 7 heterocycles. The molecule has 5 aromatic rings. The molecule has 4 aliphatic heterocycles. The first kappa shape index (κ1) is 51.0. The summed E-state index contributed by atoms with van der Waals surface area (Å²) in [6.45, 7) is 13.8. The summed E-state index contributed by atoms with van der Waals surface area (Å²) in [7, 11) is 0. The van der Waals surface area contributed by atoms with Crippen LogP contribution in [0.3, 0.4) is 0 Å². The van der Waals surface area contributed by atoms with Gasteiger partial charge in [0, 0.05) is 74.6 Å². The third-order valence-electron chi connectivity index (χ3n) is 15.2. The van der Waals surface area contributed by atoms with Crippen molar-refractivity contribution in [3.63, 3.8) is 0 Å². The molecule has 392 valence electrons. The predicted molar refractivity (Wildman–Crippen MR) is 281 cm³/mol. The van der Waals surface area contributed by atoms with Crippen LogP contribution < -0.4 is 30.5 Å². The minimum absolute atomic E-state index is 0.0395. The Bertz CT molecular complexity index is 2850. The number of aryl methyl sites for hydroxylation is 1. The van der Waals surface area contributed by atoms with E-state index in [0.717, 1.165) is 116 Å². The number of carbonyl (C=O) groups excluding carboxylic acids is 3. The Morgan fingerprint density at radius 3 is 2.57 bits per heavy atom. The summed E-state index contributed by atoms with van der Waals surface area (Å²) in [5, 5.41) is 39.1. The lowest BCUT2D eigenvalue weighted by molar-refractivity contribution is -0.145. The van der Waals surface area contributed by atoms with Crippen LogP contribution in [-0.2, 0) is 20.9 Å². The molecular formula is C54H67FN12O6S. The monoisotopic (exact) mass is 1030 g/mol. The molecule has 10 rings (SSSR count). The zero-order valence-electron chi connectivity index (χ0n) is 42.6. The van der Waals surface area contributed by atoms with Gasteiger partial charge in [-0.3, -0.25) is 14.4 Å². The Morgan fingerprint density at radius 2 is 1.81 bits per heavy atom. The van der Waals surface area contributed by atoms with Gasteiger partial charge in [-0.1, -0.05) is 45.0 Å². The second-order valence-electron chi connectivity index (χ2n) is 21.5. The number of piperidine rings is 1. The number of para-hydroxylation sites is 1. The fraction of sp³-hybridized carbons (Fsp3) is 0.519. The van der Waals surface area contributed by atoms with Crippen LogP contribution in [0.5, 0.6) is 11.5 Å². The number of aliphatic hydroxyl groups excluding tert-OH is 1. The Morgan fingerprint density at radius 1 is 1.00 bits per heavy atom. The standard InChI is InChI=1S/C54H67FN12O6S/c1-33-46(74-32-59-33)35-11-12-36(28-58-49(70)43-26-38(68)31-67(43)50(71)47(53(2,3)4)61-51(72)54(55)16-17-54)45(25-35)73-24-8-7-19-64-20-14-34(15-21-64)40-13-18-56-52(60-40)65-22-23-66-37(30-65)29-57-48-42(66)27-41(62-63-48)39-9-5-6-10-44(39)69/h5-6,9-13,18,25,27,32,34,37-38,43,47,68-69H,7-8,14-17,19-24,26,28-31H2,1-4H3,(H,57,63)(H,58,70)(H,61,72)/t37-,38+,43-,47+/m0/s1. The number of thiazole rings is 1. The lowest BCUT2D eigenvalue weighted by Crippen LogP contribution is -2.59. The van der Waals surface area contributed by atoms with Gasteiger partial charge < -0.3 is 50.5 Å². The molecule has 1 aliphatic carbocycles. The highest BCUT2D eigenvalue weighted by atomic mass is 32.1. The first-order chi connectivity index (χ1) is 35.6. The van der Waals surface area contributed by atoms with Crippen molar-refractivity contribution in [2.24, 2.45) is 5.41 Å². The van der Waals surface area contributed by atoms with Crippen molar-refractivity contribution >= 4 is 46.5 Å². The smallest absolute Gasteiger partial charge is 0.258 e. The van der Waals surface area contributed by atoms with E-state index in [-0.39, 0.29) is 44.1 Å². The topological polar surface area (TPSA) is 214 Å². The van der Waals surface area contributed by atoms with Gasteiger partial charge in [0.05, 0.1) is 46.2 Å². The van der Waals surface area contributed by atoms with Crippen molar-refractivity contribution in [3.8, 4) is 33.2 Å². The van der Waals surface area contributed by atoms with Crippen molar-refractivity contribution < 1.29 is 33.7 Å². The molecule has 0 spiro atoms. The van der Waals surface area contributed by atoms with Crippen LogP contribution in [0.1, 0.15) is 88.6 Å². The summed E-state index contributed by atoms with van der Waals surface area (Å²) >= 11 is 1.55. The number of piperazine rings is 1. The first-order valence-corrected chi connectivity index (χ1v) is 26.9. The maximum Gasteiger partial charge on any atom is 0.258 e. The molecule has 0 radical (unpaired) electrons. The minimum Gasteiger partial charge on any atom is -0.507 e. The molecule has 20 heteroatoms. The fourth-order valence-electron chi connectivity index (χ4n) is 10.7. The number of fused-ring (bicyclic) bond motifs is 3. The number of alkyl halides is 1. The number of aromatic hydroxyl groups is 1. The number of amides is 3. The molecule has 4 fully saturated rings. The summed E-state index contributed by atoms with van der Waals surface area (Å²) in [6, 6.07) is 15.3. The molecule has 0 bridgehead atoms. The number of anilines is 3. The molecule has 4 atom stereocenters. The number of hydrogen-bond acceptors (Lipinski definition) is 16. The van der Waals surface area contributed by atoms with E-state index < -0.39 is 47.0 Å². The molecule has 1 saturated carbocycles. The number of benzene rings is 2. The number of aliphatic hydroxyl groups is 1. The van der Waals surface area contributed by atoms with Crippen LogP contribution in [0.4, 0.5) is 21.8 Å². The van der Waals surface area contributed by atoms with Crippen LogP contribution in [0, 0.1) is 12.3 Å². The third kappa shape index (κ3) is 11.1. The van der Waals surface area contributed by atoms with E-state index in [1.807, 2.05) is 55.0 Å². The van der Waals surface area contributed by atoms with Gasteiger partial charge in [0.1, 0.15) is 23.6 Å². The van der Waals surface area contributed by atoms with Gasteiger partial charge in [-0.15, -0.1) is 21.5 Å². The van der Waals surface area contributed by atoms with Crippen molar-refractivity contribution in [3.05, 3.63) is 83.3 Å². The summed E-state index contributed by atoms with van der Waals surface area (Å²) in [4.78, 5) is 64.5. The van der Waals surface area contributed by atoms with E-state index in [1.54, 1.807) is 44.2 Å². The molecule has 3 aromatic heterocycles. The normalized spacial score (nSPS) is 21.1. The number of aromatic nitrogens is 5. The number of rotatable bonds is 16. The SMILES string of the molecule is Cc1ncsc1-c1ccc(CNC(=O)[C@@H]2C[C@@H](O)CN2C(=O)[C@@H](NC(=O)C2(F)CC2)C(C)(C)C)c(OCCCCN2CCC(c3ccnc(N4CCN5c6cc(-c7ccccc7O)nnc6NC[C@H]5C4)n3)CC2)c1. The van der Waals surface area contributed by atoms with Gasteiger partial charge in [0.15, 0.2) is 11.5 Å². The minimum atomic E-state index is -1.97. The van der Waals surface area contributed by atoms with E-state index in [2.05, 4.69) is 51.9 Å². The summed E-state index contributed by atoms with van der Waals surface area (Å²) < 4.78 is 21.2. The number of phenols is 1. The molecule has 0 unspecified atom stereocenters. The fourth-order valence-corrected chi connectivity index (χ4v) is 11.5. The summed E-state index contributed by atoms with van der Waals surface area (Å²) in [5.74, 6) is 0.917. The van der Waals surface area contributed by atoms with Crippen LogP contribution in [-0.4, -0.2) is 152 Å². The number of ether oxygens (including phenoxy) is 1. The molecule has 2 aromatic carbocycles. The molecular weight excluding hydrogens is 964 g/mol. The van der Waals surface area contributed by atoms with E-state index in [9.17, 15) is 29.0 Å². The number of hydrogen-bond donors (Lipinski definition) is 5. The van der Waals surface area contributed by atoms with E-state index in [0.29, 0.717) is 29.5 Å². The highest BCUT2D eigenvalue weighted by molar-refractivity contribution is 7.13. The van der Waals surface area contributed by atoms with Gasteiger partial charge in [-0.05, 0) is 106 Å². The Hall–Kier alpha value is -6.51. The zero-order valence-corrected chi connectivity index (χ0v) is 43.4. The van der Waals surface area contributed by atoms with Crippen molar-refractivity contribution in [1.29, 1.82) is 0 Å². The van der Waals surface area contributed by atoms with Crippen molar-refractivity contribution in [1.82, 2.24) is 45.6 Å². The molecule has 3 saturated heterocycles. The molecule has 5 aliphatic rings. The third-order valence-corrected chi connectivity index (χ3v) is 16.2. The quantitative estimate of drug-likeness (QED) is 0.0735. The Balaban J connectivity index is 0.706. The zero-order chi connectivity index (χ0) is 51.7. The Labute approximate surface area is 435 Å². The average molecular weight is 1030 g/mol. The number of carbonyl (C=O) groups is 3. The number of halogens is 1. The lowest BCUT2D eigenvalue weighted by Gasteiger charge is -2.45. The largest absolute Gasteiger partial charge is 0.507 e. The number of phenolic OH excluding ortho intramolecular Hbond substituents is 1.